The normalized spacial score (nSPS) is 16.3. The molecule has 5 heterocycles. The number of methoxy groups -OCH3 is 1. The quantitative estimate of drug-likeness (QED) is 0.0610. The van der Waals surface area contributed by atoms with Crippen LogP contribution in [0.15, 0.2) is 188 Å². The first-order valence-corrected chi connectivity index (χ1v) is 29.1. The number of ether oxygens (including phenoxy) is 2. The van der Waals surface area contributed by atoms with Crippen LogP contribution >= 0.6 is 0 Å². The molecule has 6 aromatic carbocycles. The van der Waals surface area contributed by atoms with Crippen LogP contribution in [-0.4, -0.2) is 90.6 Å². The maximum atomic E-state index is 13.9. The van der Waals surface area contributed by atoms with Gasteiger partial charge in [0.25, 0.3) is 5.91 Å². The summed E-state index contributed by atoms with van der Waals surface area (Å²) in [4.78, 5) is 72.3. The first-order valence-electron chi connectivity index (χ1n) is 29.1. The average Bonchev–Trinajstić information content (AvgIpc) is 3.67. The zero-order valence-corrected chi connectivity index (χ0v) is 48.1. The largest absolute Gasteiger partial charge is 0.453 e. The van der Waals surface area contributed by atoms with E-state index in [0.29, 0.717) is 31.2 Å². The van der Waals surface area contributed by atoms with Gasteiger partial charge in [0.15, 0.2) is 6.10 Å². The van der Waals surface area contributed by atoms with Crippen LogP contribution in [0.2, 0.25) is 0 Å². The molecule has 2 saturated heterocycles. The third-order valence-electron chi connectivity index (χ3n) is 16.9. The number of nitrogens with zero attached hydrogens (tertiary/aromatic N) is 5. The van der Waals surface area contributed by atoms with Crippen molar-refractivity contribution >= 4 is 24.0 Å². The van der Waals surface area contributed by atoms with Gasteiger partial charge in [0.2, 0.25) is 5.91 Å². The van der Waals surface area contributed by atoms with Crippen molar-refractivity contribution in [2.75, 3.05) is 20.2 Å². The number of likely N-dealkylation sites (tertiary alicyclic amines) is 2. The van der Waals surface area contributed by atoms with Crippen molar-refractivity contribution in [2.45, 2.75) is 89.4 Å². The molecule has 4 amide bonds. The lowest BCUT2D eigenvalue weighted by molar-refractivity contribution is -0.144. The Kier molecular flexibility index (Phi) is 16.5. The number of imidazole rings is 2. The van der Waals surface area contributed by atoms with E-state index in [-0.39, 0.29) is 35.7 Å². The van der Waals surface area contributed by atoms with E-state index in [2.05, 4.69) is 196 Å². The van der Waals surface area contributed by atoms with Gasteiger partial charge in [-0.15, -0.1) is 0 Å². The van der Waals surface area contributed by atoms with E-state index in [0.717, 1.165) is 98.7 Å². The fraction of sp³-hybridized carbons (Fsp3) is 0.275. The predicted molar refractivity (Wildman–Crippen MR) is 326 cm³/mol. The molecular weight excluding hydrogens is 1050 g/mol. The number of hydrogen-bond acceptors (Lipinski definition) is 8. The van der Waals surface area contributed by atoms with Crippen LogP contribution in [-0.2, 0) is 24.5 Å². The molecule has 84 heavy (non-hydrogen) atoms. The Morgan fingerprint density at radius 2 is 1.02 bits per heavy atom. The highest BCUT2D eigenvalue weighted by atomic mass is 16.6. The highest BCUT2D eigenvalue weighted by Gasteiger charge is 2.41. The maximum absolute atomic E-state index is 13.9. The second-order valence-electron chi connectivity index (χ2n) is 22.3. The topological polar surface area (TPSA) is 194 Å². The lowest BCUT2D eigenvalue weighted by Gasteiger charge is -2.37. The molecule has 0 aliphatic carbocycles. The van der Waals surface area contributed by atoms with Gasteiger partial charge in [0, 0.05) is 48.2 Å². The number of primary amides is 1. The van der Waals surface area contributed by atoms with Crippen molar-refractivity contribution in [1.82, 2.24) is 39.6 Å². The minimum absolute atomic E-state index is 0.140. The monoisotopic (exact) mass is 1120 g/mol. The number of hydrogen-bond donors (Lipinski definition) is 4. The summed E-state index contributed by atoms with van der Waals surface area (Å²) < 4.78 is 12.5. The lowest BCUT2D eigenvalue weighted by Crippen LogP contribution is -2.51. The Hall–Kier alpha value is -9.50. The van der Waals surface area contributed by atoms with Crippen molar-refractivity contribution in [1.29, 1.82) is 0 Å². The lowest BCUT2D eigenvalue weighted by atomic mass is 9.65. The summed E-state index contributed by atoms with van der Waals surface area (Å²) in [6.45, 7) is 8.76. The Balaban J connectivity index is 0.936. The SMILES string of the molecule is CCC(C)[C@H](OC(N)=O)C(=O)N1CCC[C@H]1c1nc(-c2ccc(-c3ccc(-c4ccc(-c5c[nH]c([C@@H]6CCCN6C(=O)[C@@H](NC(=O)OC)C(C)C)n5)cc4)n3-c3ccc(C(c4ccccc4)(c4ccccc4)c4ccccc4)cc3)cc2)c[nH]1. The van der Waals surface area contributed by atoms with E-state index >= 15 is 0 Å². The highest BCUT2D eigenvalue weighted by Crippen LogP contribution is 2.46. The molecule has 1 unspecified atom stereocenters. The van der Waals surface area contributed by atoms with Gasteiger partial charge in [-0.25, -0.2) is 19.6 Å². The van der Waals surface area contributed by atoms with Gasteiger partial charge in [-0.05, 0) is 95.7 Å². The fourth-order valence-electron chi connectivity index (χ4n) is 12.4. The third kappa shape index (κ3) is 11.0. The second kappa shape index (κ2) is 24.5. The minimum atomic E-state index is -0.966. The van der Waals surface area contributed by atoms with E-state index in [9.17, 15) is 19.2 Å². The Labute approximate surface area is 490 Å². The van der Waals surface area contributed by atoms with Crippen LogP contribution in [0.4, 0.5) is 9.59 Å². The zero-order valence-electron chi connectivity index (χ0n) is 48.1. The van der Waals surface area contributed by atoms with E-state index in [4.69, 9.17) is 25.2 Å². The van der Waals surface area contributed by atoms with Gasteiger partial charge < -0.3 is 44.9 Å². The number of carbonyl (C=O) groups excluding carboxylic acids is 4. The molecule has 9 aromatic rings. The Morgan fingerprint density at radius 1 is 0.595 bits per heavy atom. The summed E-state index contributed by atoms with van der Waals surface area (Å²) in [6, 6.07) is 61.0. The van der Waals surface area contributed by atoms with E-state index in [1.165, 1.54) is 7.11 Å². The van der Waals surface area contributed by atoms with Gasteiger partial charge in [0.1, 0.15) is 17.7 Å². The first kappa shape index (κ1) is 56.4. The summed E-state index contributed by atoms with van der Waals surface area (Å²) in [5.74, 6) is 0.626. The highest BCUT2D eigenvalue weighted by molar-refractivity contribution is 5.87. The van der Waals surface area contributed by atoms with Crippen LogP contribution in [0.5, 0.6) is 0 Å². The molecule has 2 fully saturated rings. The van der Waals surface area contributed by atoms with Gasteiger partial charge in [0.05, 0.1) is 47.4 Å². The number of amides is 4. The molecule has 5 atom stereocenters. The van der Waals surface area contributed by atoms with Crippen LogP contribution in [0.1, 0.15) is 106 Å². The molecule has 0 spiro atoms. The molecule has 0 saturated carbocycles. The average molecular weight is 1120 g/mol. The summed E-state index contributed by atoms with van der Waals surface area (Å²) in [7, 11) is 1.30. The predicted octanol–water partition coefficient (Wildman–Crippen LogP) is 13.2. The van der Waals surface area contributed by atoms with Gasteiger partial charge in [-0.2, -0.15) is 0 Å². The molecule has 2 aliphatic rings. The van der Waals surface area contributed by atoms with Gasteiger partial charge in [-0.3, -0.25) is 9.59 Å². The molecule has 0 bridgehead atoms. The summed E-state index contributed by atoms with van der Waals surface area (Å²) >= 11 is 0. The van der Waals surface area contributed by atoms with Crippen LogP contribution in [0, 0.1) is 11.8 Å². The number of carbonyl (C=O) groups is 4. The Bertz CT molecular complexity index is 3630. The van der Waals surface area contributed by atoms with Crippen LogP contribution < -0.4 is 11.1 Å². The number of nitrogens with one attached hydrogen (secondary N) is 3. The van der Waals surface area contributed by atoms with Crippen molar-refractivity contribution in [2.24, 2.45) is 17.6 Å². The fourth-order valence-corrected chi connectivity index (χ4v) is 12.4. The molecule has 11 rings (SSSR count). The number of H-pyrrole nitrogens is 2. The number of alkyl carbamates (subject to hydrolysis) is 1. The molecule has 0 radical (unpaired) electrons. The number of rotatable bonds is 18. The number of aromatic nitrogens is 5. The summed E-state index contributed by atoms with van der Waals surface area (Å²) in [5.41, 5.74) is 17.7. The molecule has 5 N–H and O–H groups in total. The van der Waals surface area contributed by atoms with Gasteiger partial charge >= 0.3 is 12.2 Å². The molecule has 15 heteroatoms. The number of aromatic amines is 2. The van der Waals surface area contributed by atoms with E-state index in [1.807, 2.05) is 45.0 Å². The number of benzene rings is 6. The van der Waals surface area contributed by atoms with Crippen LogP contribution in [0.3, 0.4) is 0 Å². The maximum Gasteiger partial charge on any atom is 0.407 e. The number of nitrogens with two attached hydrogens (primary N) is 1. The summed E-state index contributed by atoms with van der Waals surface area (Å²) in [5, 5.41) is 2.74. The molecule has 428 valence electrons. The van der Waals surface area contributed by atoms with Crippen molar-refractivity contribution < 1.29 is 28.7 Å². The van der Waals surface area contributed by atoms with Crippen molar-refractivity contribution in [3.63, 3.8) is 0 Å². The molecule has 2 aliphatic heterocycles. The summed E-state index contributed by atoms with van der Waals surface area (Å²) in [6.07, 6.45) is 4.95. The van der Waals surface area contributed by atoms with Crippen molar-refractivity contribution in [3.8, 4) is 50.7 Å². The second-order valence-corrected chi connectivity index (χ2v) is 22.3. The van der Waals surface area contributed by atoms with E-state index < -0.39 is 29.7 Å². The van der Waals surface area contributed by atoms with Crippen LogP contribution in [0.25, 0.3) is 50.7 Å². The van der Waals surface area contributed by atoms with Gasteiger partial charge in [-0.1, -0.05) is 179 Å². The molecule has 15 nitrogen and oxygen atoms in total. The zero-order chi connectivity index (χ0) is 58.5. The van der Waals surface area contributed by atoms with Crippen molar-refractivity contribution in [3.05, 3.63) is 222 Å². The standard InChI is InChI=1S/C69H71N9O6/c1-6-45(4)62(84-67(70)81)66(80)77-41-17-25-60(77)64-72-43-56(74-64)47-28-32-49(33-29-47)58-39-38-57(48-30-26-46(27-31-48)55-42-71-63(73-55)59-24-16-40-76(59)65(79)61(44(2)3)75-68(82)83-5)78(58)54-36-34-53(35-37-54)69(50-18-10-7-11-19-50,51-20-12-8-13-21-51)52-22-14-9-15-23-52/h7-15,18-23,26-39,42-45,59-62H,6,16-17,24-25,40-41H2,1-5H3,(H2,70,81)(H,71,73)(H,72,74)(H,75,82)/t45?,59-,60-,61-,62-/m0/s1. The minimum Gasteiger partial charge on any atom is -0.453 e. The smallest absolute Gasteiger partial charge is 0.407 e. The Morgan fingerprint density at radius 3 is 1.44 bits per heavy atom. The molecule has 3 aromatic heterocycles. The molecular formula is C69H71N9O6. The van der Waals surface area contributed by atoms with E-state index in [1.54, 1.807) is 4.90 Å². The first-order chi connectivity index (χ1) is 40.9. The third-order valence-corrected chi connectivity index (χ3v) is 16.9.